The van der Waals surface area contributed by atoms with E-state index in [-0.39, 0.29) is 11.3 Å². The Kier molecular flexibility index (Phi) is 3.23. The summed E-state index contributed by atoms with van der Waals surface area (Å²) in [7, 11) is 0. The predicted molar refractivity (Wildman–Crippen MR) is 87.9 cm³/mol. The Balaban J connectivity index is 1.60. The van der Waals surface area contributed by atoms with Crippen molar-refractivity contribution in [1.29, 1.82) is 0 Å². The normalized spacial score (nSPS) is 18.7. The van der Waals surface area contributed by atoms with Gasteiger partial charge in [-0.3, -0.25) is 4.79 Å². The zero-order chi connectivity index (χ0) is 15.2. The molecular formula is C19H18ClNO. The van der Waals surface area contributed by atoms with Crippen LogP contribution in [0.25, 0.3) is 0 Å². The lowest BCUT2D eigenvalue weighted by Crippen LogP contribution is -2.42. The first-order chi connectivity index (χ1) is 10.7. The highest BCUT2D eigenvalue weighted by Gasteiger charge is 2.53. The smallest absolute Gasteiger partial charge is 0.233 e. The molecule has 2 nitrogen and oxygen atoms in total. The number of hydrogen-bond donors (Lipinski definition) is 0. The van der Waals surface area contributed by atoms with Crippen molar-refractivity contribution < 1.29 is 4.79 Å². The third-order valence-corrected chi connectivity index (χ3v) is 5.19. The number of carbonyl (C=O) groups excluding carboxylic acids is 1. The fourth-order valence-corrected chi connectivity index (χ4v) is 3.70. The molecule has 0 atom stereocenters. The van der Waals surface area contributed by atoms with E-state index in [1.54, 1.807) is 0 Å². The molecule has 0 N–H and O–H groups in total. The summed E-state index contributed by atoms with van der Waals surface area (Å²) in [6, 6.07) is 16.2. The Morgan fingerprint density at radius 2 is 1.82 bits per heavy atom. The number of fused-ring (bicyclic) bond motifs is 1. The Morgan fingerprint density at radius 3 is 2.55 bits per heavy atom. The number of nitrogens with zero attached hydrogens (tertiary/aromatic N) is 1. The van der Waals surface area contributed by atoms with Gasteiger partial charge >= 0.3 is 0 Å². The zero-order valence-corrected chi connectivity index (χ0v) is 13.1. The van der Waals surface area contributed by atoms with Gasteiger partial charge < -0.3 is 4.90 Å². The minimum Gasteiger partial charge on any atom is -0.337 e. The van der Waals surface area contributed by atoms with Crippen molar-refractivity contribution in [3.63, 3.8) is 0 Å². The van der Waals surface area contributed by atoms with E-state index in [1.807, 2.05) is 29.2 Å². The molecule has 2 aromatic rings. The van der Waals surface area contributed by atoms with Crippen LogP contribution in [0.5, 0.6) is 0 Å². The fourth-order valence-electron chi connectivity index (χ4n) is 3.51. The number of halogens is 1. The lowest BCUT2D eigenvalue weighted by atomic mass is 9.92. The first-order valence-corrected chi connectivity index (χ1v) is 8.19. The molecule has 0 unspecified atom stereocenters. The second-order valence-corrected chi connectivity index (χ2v) is 6.77. The number of amides is 1. The van der Waals surface area contributed by atoms with Gasteiger partial charge in [0.2, 0.25) is 5.91 Å². The third-order valence-electron chi connectivity index (χ3n) is 4.95. The fraction of sp³-hybridized carbons (Fsp3) is 0.316. The molecule has 1 fully saturated rings. The molecule has 112 valence electrons. The lowest BCUT2D eigenvalue weighted by Gasteiger charge is -2.32. The van der Waals surface area contributed by atoms with Gasteiger partial charge in [0.1, 0.15) is 0 Å². The highest BCUT2D eigenvalue weighted by molar-refractivity contribution is 6.30. The van der Waals surface area contributed by atoms with Gasteiger partial charge in [-0.2, -0.15) is 0 Å². The standard InChI is InChI=1S/C19H18ClNO/c20-17-7-3-6-16(12-17)19(9-10-19)18(22)21-11-8-14-4-1-2-5-15(14)13-21/h1-7,12H,8-11,13H2. The average molecular weight is 312 g/mol. The van der Waals surface area contributed by atoms with E-state index in [0.717, 1.165) is 37.9 Å². The van der Waals surface area contributed by atoms with Crippen molar-refractivity contribution in [2.24, 2.45) is 0 Å². The first kappa shape index (κ1) is 13.8. The van der Waals surface area contributed by atoms with Crippen molar-refractivity contribution in [2.45, 2.75) is 31.2 Å². The summed E-state index contributed by atoms with van der Waals surface area (Å²) in [5.41, 5.74) is 3.41. The molecule has 1 saturated carbocycles. The maximum atomic E-state index is 13.1. The van der Waals surface area contributed by atoms with Gasteiger partial charge in [-0.1, -0.05) is 48.0 Å². The minimum atomic E-state index is -0.322. The molecule has 0 aromatic heterocycles. The maximum absolute atomic E-state index is 13.1. The molecule has 0 radical (unpaired) electrons. The van der Waals surface area contributed by atoms with Crippen LogP contribution >= 0.6 is 11.6 Å². The molecule has 0 bridgehead atoms. The summed E-state index contributed by atoms with van der Waals surface area (Å²) in [4.78, 5) is 15.1. The molecule has 4 rings (SSSR count). The molecule has 0 saturated heterocycles. The van der Waals surface area contributed by atoms with Crippen molar-refractivity contribution in [2.75, 3.05) is 6.54 Å². The molecule has 22 heavy (non-hydrogen) atoms. The topological polar surface area (TPSA) is 20.3 Å². The van der Waals surface area contributed by atoms with Crippen LogP contribution in [0.15, 0.2) is 48.5 Å². The monoisotopic (exact) mass is 311 g/mol. The lowest BCUT2D eigenvalue weighted by molar-refractivity contribution is -0.134. The molecule has 2 aliphatic rings. The average Bonchev–Trinajstić information content (AvgIpc) is 3.35. The molecule has 1 aliphatic heterocycles. The molecule has 1 heterocycles. The molecule has 2 aromatic carbocycles. The van der Waals surface area contributed by atoms with Crippen LogP contribution < -0.4 is 0 Å². The van der Waals surface area contributed by atoms with Gasteiger partial charge in [0.15, 0.2) is 0 Å². The molecular weight excluding hydrogens is 294 g/mol. The Morgan fingerprint density at radius 1 is 1.05 bits per heavy atom. The molecule has 0 spiro atoms. The summed E-state index contributed by atoms with van der Waals surface area (Å²) in [5.74, 6) is 0.268. The summed E-state index contributed by atoms with van der Waals surface area (Å²) in [6.07, 6.45) is 2.82. The van der Waals surface area contributed by atoms with Crippen molar-refractivity contribution >= 4 is 17.5 Å². The van der Waals surface area contributed by atoms with Gasteiger partial charge in [-0.15, -0.1) is 0 Å². The van der Waals surface area contributed by atoms with Crippen LogP contribution in [0.3, 0.4) is 0 Å². The van der Waals surface area contributed by atoms with Crippen LogP contribution in [0, 0.1) is 0 Å². The van der Waals surface area contributed by atoms with Crippen molar-refractivity contribution in [3.05, 3.63) is 70.2 Å². The maximum Gasteiger partial charge on any atom is 0.233 e. The second-order valence-electron chi connectivity index (χ2n) is 6.34. The highest BCUT2D eigenvalue weighted by atomic mass is 35.5. The Hall–Kier alpha value is -1.80. The van der Waals surface area contributed by atoms with E-state index < -0.39 is 0 Å². The van der Waals surface area contributed by atoms with Gasteiger partial charge in [0.25, 0.3) is 0 Å². The molecule has 1 amide bonds. The summed E-state index contributed by atoms with van der Waals surface area (Å²) < 4.78 is 0. The minimum absolute atomic E-state index is 0.268. The quantitative estimate of drug-likeness (QED) is 0.822. The Labute approximate surface area is 135 Å². The van der Waals surface area contributed by atoms with Gasteiger partial charge in [-0.05, 0) is 48.1 Å². The van der Waals surface area contributed by atoms with Crippen molar-refractivity contribution in [1.82, 2.24) is 4.90 Å². The van der Waals surface area contributed by atoms with Gasteiger partial charge in [0, 0.05) is 18.1 Å². The van der Waals surface area contributed by atoms with E-state index >= 15 is 0 Å². The van der Waals surface area contributed by atoms with E-state index in [2.05, 4.69) is 24.3 Å². The van der Waals surface area contributed by atoms with Crippen LogP contribution in [0.4, 0.5) is 0 Å². The summed E-state index contributed by atoms with van der Waals surface area (Å²) in [5, 5.41) is 0.709. The van der Waals surface area contributed by atoms with E-state index in [9.17, 15) is 4.79 Å². The van der Waals surface area contributed by atoms with E-state index in [1.165, 1.54) is 11.1 Å². The SMILES string of the molecule is O=C(N1CCc2ccccc2C1)C1(c2cccc(Cl)c2)CC1. The summed E-state index contributed by atoms with van der Waals surface area (Å²) in [6.45, 7) is 1.55. The largest absolute Gasteiger partial charge is 0.337 e. The first-order valence-electron chi connectivity index (χ1n) is 7.81. The second kappa shape index (κ2) is 5.13. The predicted octanol–water partition coefficient (Wildman–Crippen LogP) is 3.96. The number of hydrogen-bond acceptors (Lipinski definition) is 1. The van der Waals surface area contributed by atoms with Crippen LogP contribution in [0.1, 0.15) is 29.5 Å². The van der Waals surface area contributed by atoms with Gasteiger partial charge in [0.05, 0.1) is 5.41 Å². The molecule has 1 aliphatic carbocycles. The van der Waals surface area contributed by atoms with Crippen LogP contribution in [-0.2, 0) is 23.2 Å². The van der Waals surface area contributed by atoms with Crippen LogP contribution in [0.2, 0.25) is 5.02 Å². The molecule has 3 heteroatoms. The van der Waals surface area contributed by atoms with E-state index in [0.29, 0.717) is 5.02 Å². The number of benzene rings is 2. The number of carbonyl (C=O) groups is 1. The third kappa shape index (κ3) is 2.22. The Bertz CT molecular complexity index is 736. The number of rotatable bonds is 2. The zero-order valence-electron chi connectivity index (χ0n) is 12.4. The van der Waals surface area contributed by atoms with Crippen molar-refractivity contribution in [3.8, 4) is 0 Å². The highest BCUT2D eigenvalue weighted by Crippen LogP contribution is 2.50. The van der Waals surface area contributed by atoms with Gasteiger partial charge in [-0.25, -0.2) is 0 Å². The van der Waals surface area contributed by atoms with Crippen LogP contribution in [-0.4, -0.2) is 17.4 Å². The van der Waals surface area contributed by atoms with E-state index in [4.69, 9.17) is 11.6 Å². The summed E-state index contributed by atoms with van der Waals surface area (Å²) >= 11 is 6.11.